The molecular formula is C13H16F2O. The summed E-state index contributed by atoms with van der Waals surface area (Å²) in [5.41, 5.74) is 1.61. The normalized spacial score (nSPS) is 12.5. The molecule has 1 aromatic carbocycles. The largest absolute Gasteiger partial charge is 0.393 e. The summed E-state index contributed by atoms with van der Waals surface area (Å²) in [6, 6.07) is 3.69. The standard InChI is InChI=1S/C13H16F2O/c1-9(2)3-5-11(16)7-10-4-6-12(14)13(15)8-10/h4,6,8,11,16H,1,3,5,7H2,2H3. The molecule has 0 aliphatic carbocycles. The van der Waals surface area contributed by atoms with E-state index in [1.807, 2.05) is 6.92 Å². The van der Waals surface area contributed by atoms with Crippen molar-refractivity contribution in [1.29, 1.82) is 0 Å². The molecule has 1 N–H and O–H groups in total. The Bertz CT molecular complexity index is 374. The minimum Gasteiger partial charge on any atom is -0.393 e. The van der Waals surface area contributed by atoms with E-state index in [0.717, 1.165) is 24.1 Å². The predicted molar refractivity (Wildman–Crippen MR) is 60.1 cm³/mol. The van der Waals surface area contributed by atoms with Gasteiger partial charge in [0.2, 0.25) is 0 Å². The fourth-order valence-electron chi connectivity index (χ4n) is 1.45. The van der Waals surface area contributed by atoms with Crippen LogP contribution in [0.25, 0.3) is 0 Å². The van der Waals surface area contributed by atoms with Crippen LogP contribution < -0.4 is 0 Å². The summed E-state index contributed by atoms with van der Waals surface area (Å²) in [4.78, 5) is 0. The molecule has 0 saturated heterocycles. The molecule has 1 unspecified atom stereocenters. The molecule has 88 valence electrons. The highest BCUT2D eigenvalue weighted by atomic mass is 19.2. The molecule has 1 atom stereocenters. The van der Waals surface area contributed by atoms with E-state index < -0.39 is 17.7 Å². The van der Waals surface area contributed by atoms with E-state index in [4.69, 9.17) is 0 Å². The average Bonchev–Trinajstić information content (AvgIpc) is 2.21. The van der Waals surface area contributed by atoms with Gasteiger partial charge in [-0.05, 0) is 43.9 Å². The third kappa shape index (κ3) is 4.11. The van der Waals surface area contributed by atoms with Gasteiger partial charge in [0.15, 0.2) is 11.6 Å². The monoisotopic (exact) mass is 226 g/mol. The second-order valence-corrected chi connectivity index (χ2v) is 4.10. The van der Waals surface area contributed by atoms with Gasteiger partial charge in [-0.25, -0.2) is 8.78 Å². The number of aliphatic hydroxyl groups excluding tert-OH is 1. The number of allylic oxidation sites excluding steroid dienone is 1. The Morgan fingerprint density at radius 3 is 2.62 bits per heavy atom. The van der Waals surface area contributed by atoms with E-state index >= 15 is 0 Å². The van der Waals surface area contributed by atoms with Gasteiger partial charge in [-0.1, -0.05) is 11.6 Å². The zero-order chi connectivity index (χ0) is 12.1. The maximum Gasteiger partial charge on any atom is 0.159 e. The molecule has 0 aromatic heterocycles. The van der Waals surface area contributed by atoms with Crippen molar-refractivity contribution in [2.75, 3.05) is 0 Å². The molecule has 0 radical (unpaired) electrons. The van der Waals surface area contributed by atoms with Crippen molar-refractivity contribution in [3.05, 3.63) is 47.5 Å². The second-order valence-electron chi connectivity index (χ2n) is 4.10. The van der Waals surface area contributed by atoms with E-state index in [2.05, 4.69) is 6.58 Å². The fraction of sp³-hybridized carbons (Fsp3) is 0.385. The molecule has 0 amide bonds. The van der Waals surface area contributed by atoms with Gasteiger partial charge in [0.1, 0.15) is 0 Å². The molecular weight excluding hydrogens is 210 g/mol. The van der Waals surface area contributed by atoms with Crippen molar-refractivity contribution in [2.45, 2.75) is 32.3 Å². The highest BCUT2D eigenvalue weighted by molar-refractivity contribution is 5.18. The molecule has 0 aliphatic heterocycles. The predicted octanol–water partition coefficient (Wildman–Crippen LogP) is 3.22. The Hall–Kier alpha value is -1.22. The highest BCUT2D eigenvalue weighted by Gasteiger charge is 2.08. The SMILES string of the molecule is C=C(C)CCC(O)Cc1ccc(F)c(F)c1. The molecule has 0 aliphatic rings. The first-order chi connectivity index (χ1) is 7.49. The molecule has 3 heteroatoms. The lowest BCUT2D eigenvalue weighted by Crippen LogP contribution is -2.10. The van der Waals surface area contributed by atoms with Crippen LogP contribution in [0.4, 0.5) is 8.78 Å². The van der Waals surface area contributed by atoms with Crippen LogP contribution in [0.1, 0.15) is 25.3 Å². The lowest BCUT2D eigenvalue weighted by molar-refractivity contribution is 0.165. The third-order valence-electron chi connectivity index (χ3n) is 2.36. The quantitative estimate of drug-likeness (QED) is 0.764. The molecule has 1 rings (SSSR count). The maximum absolute atomic E-state index is 12.9. The Kier molecular flexibility index (Phi) is 4.62. The van der Waals surface area contributed by atoms with E-state index in [1.165, 1.54) is 6.07 Å². The summed E-state index contributed by atoms with van der Waals surface area (Å²) in [5, 5.41) is 9.65. The Labute approximate surface area is 94.4 Å². The van der Waals surface area contributed by atoms with Gasteiger partial charge < -0.3 is 5.11 Å². The summed E-state index contributed by atoms with van der Waals surface area (Å²) in [6.07, 6.45) is 1.13. The van der Waals surface area contributed by atoms with E-state index in [-0.39, 0.29) is 0 Å². The molecule has 0 bridgehead atoms. The van der Waals surface area contributed by atoms with Crippen molar-refractivity contribution in [2.24, 2.45) is 0 Å². The van der Waals surface area contributed by atoms with Crippen LogP contribution in [-0.2, 0) is 6.42 Å². The Morgan fingerprint density at radius 2 is 2.06 bits per heavy atom. The van der Waals surface area contributed by atoms with Crippen molar-refractivity contribution in [1.82, 2.24) is 0 Å². The number of benzene rings is 1. The molecule has 0 fully saturated rings. The van der Waals surface area contributed by atoms with Crippen LogP contribution in [0.2, 0.25) is 0 Å². The van der Waals surface area contributed by atoms with Gasteiger partial charge in [-0.2, -0.15) is 0 Å². The van der Waals surface area contributed by atoms with Crippen LogP contribution in [0, 0.1) is 11.6 Å². The number of halogens is 2. The minimum atomic E-state index is -0.871. The van der Waals surface area contributed by atoms with Gasteiger partial charge >= 0.3 is 0 Å². The zero-order valence-electron chi connectivity index (χ0n) is 9.34. The van der Waals surface area contributed by atoms with Gasteiger partial charge in [-0.3, -0.25) is 0 Å². The number of rotatable bonds is 5. The van der Waals surface area contributed by atoms with Crippen molar-refractivity contribution in [3.63, 3.8) is 0 Å². The first-order valence-electron chi connectivity index (χ1n) is 5.25. The maximum atomic E-state index is 12.9. The molecule has 1 nitrogen and oxygen atoms in total. The minimum absolute atomic E-state index is 0.338. The smallest absolute Gasteiger partial charge is 0.159 e. The van der Waals surface area contributed by atoms with Gasteiger partial charge in [0, 0.05) is 0 Å². The number of aliphatic hydroxyl groups is 1. The van der Waals surface area contributed by atoms with Crippen molar-refractivity contribution >= 4 is 0 Å². The van der Waals surface area contributed by atoms with E-state index in [0.29, 0.717) is 18.4 Å². The van der Waals surface area contributed by atoms with Crippen LogP contribution in [0.5, 0.6) is 0 Å². The molecule has 16 heavy (non-hydrogen) atoms. The lowest BCUT2D eigenvalue weighted by Gasteiger charge is -2.10. The second kappa shape index (κ2) is 5.75. The van der Waals surface area contributed by atoms with Crippen molar-refractivity contribution in [3.8, 4) is 0 Å². The van der Waals surface area contributed by atoms with Crippen molar-refractivity contribution < 1.29 is 13.9 Å². The zero-order valence-corrected chi connectivity index (χ0v) is 9.34. The molecule has 0 spiro atoms. The number of hydrogen-bond acceptors (Lipinski definition) is 1. The van der Waals surface area contributed by atoms with Gasteiger partial charge in [-0.15, -0.1) is 6.58 Å². The Morgan fingerprint density at radius 1 is 1.38 bits per heavy atom. The Balaban J connectivity index is 2.52. The van der Waals surface area contributed by atoms with E-state index in [9.17, 15) is 13.9 Å². The molecule has 0 saturated carbocycles. The van der Waals surface area contributed by atoms with Crippen LogP contribution in [0.15, 0.2) is 30.4 Å². The number of hydrogen-bond donors (Lipinski definition) is 1. The van der Waals surface area contributed by atoms with Gasteiger partial charge in [0.05, 0.1) is 6.10 Å². The molecule has 1 aromatic rings. The third-order valence-corrected chi connectivity index (χ3v) is 2.36. The fourth-order valence-corrected chi connectivity index (χ4v) is 1.45. The summed E-state index contributed by atoms with van der Waals surface area (Å²) in [5.74, 6) is -1.73. The highest BCUT2D eigenvalue weighted by Crippen LogP contribution is 2.13. The molecule has 0 heterocycles. The van der Waals surface area contributed by atoms with Gasteiger partial charge in [0.25, 0.3) is 0 Å². The van der Waals surface area contributed by atoms with Crippen LogP contribution >= 0.6 is 0 Å². The topological polar surface area (TPSA) is 20.2 Å². The summed E-state index contributed by atoms with van der Waals surface area (Å²) in [6.45, 7) is 5.63. The van der Waals surface area contributed by atoms with Crippen LogP contribution in [0.3, 0.4) is 0 Å². The summed E-state index contributed by atoms with van der Waals surface area (Å²) in [7, 11) is 0. The summed E-state index contributed by atoms with van der Waals surface area (Å²) < 4.78 is 25.5. The summed E-state index contributed by atoms with van der Waals surface area (Å²) >= 11 is 0. The first kappa shape index (κ1) is 12.8. The average molecular weight is 226 g/mol. The van der Waals surface area contributed by atoms with E-state index in [1.54, 1.807) is 0 Å². The lowest BCUT2D eigenvalue weighted by atomic mass is 10.0. The first-order valence-corrected chi connectivity index (χ1v) is 5.25. The van der Waals surface area contributed by atoms with Crippen LogP contribution in [-0.4, -0.2) is 11.2 Å².